The third kappa shape index (κ3) is 4.05. The molecule has 0 saturated heterocycles. The Morgan fingerprint density at radius 2 is 1.95 bits per heavy atom. The van der Waals surface area contributed by atoms with Gasteiger partial charge in [-0.3, -0.25) is 4.79 Å². The summed E-state index contributed by atoms with van der Waals surface area (Å²) in [6.07, 6.45) is 0. The van der Waals surface area contributed by atoms with Crippen molar-refractivity contribution in [1.29, 1.82) is 0 Å². The second-order valence-electron chi connectivity index (χ2n) is 4.56. The van der Waals surface area contributed by atoms with Gasteiger partial charge in [-0.05, 0) is 42.8 Å². The third-order valence-corrected chi connectivity index (χ3v) is 3.13. The Morgan fingerprint density at radius 1 is 1.23 bits per heavy atom. The van der Waals surface area contributed by atoms with E-state index in [0.29, 0.717) is 10.7 Å². The zero-order valence-corrected chi connectivity index (χ0v) is 12.5. The molecule has 0 radical (unpaired) electrons. The third-order valence-electron chi connectivity index (χ3n) is 2.89. The van der Waals surface area contributed by atoms with Crippen molar-refractivity contribution in [2.45, 2.75) is 6.92 Å². The minimum atomic E-state index is -0.888. The predicted molar refractivity (Wildman–Crippen MR) is 81.5 cm³/mol. The topological polar surface area (TPSA) is 55.4 Å². The van der Waals surface area contributed by atoms with Gasteiger partial charge in [-0.25, -0.2) is 9.18 Å². The summed E-state index contributed by atoms with van der Waals surface area (Å²) in [6, 6.07) is 10.4. The second-order valence-corrected chi connectivity index (χ2v) is 5.00. The molecular formula is C16H13ClFNO3. The number of amides is 1. The van der Waals surface area contributed by atoms with Gasteiger partial charge in [-0.1, -0.05) is 23.7 Å². The number of ether oxygens (including phenoxy) is 1. The van der Waals surface area contributed by atoms with Crippen molar-refractivity contribution in [2.75, 3.05) is 11.9 Å². The number of esters is 1. The van der Waals surface area contributed by atoms with E-state index in [4.69, 9.17) is 16.3 Å². The lowest BCUT2D eigenvalue weighted by Gasteiger charge is -2.09. The molecule has 0 unspecified atom stereocenters. The van der Waals surface area contributed by atoms with Crippen LogP contribution < -0.4 is 5.32 Å². The first-order chi connectivity index (χ1) is 10.5. The van der Waals surface area contributed by atoms with Crippen molar-refractivity contribution >= 4 is 29.2 Å². The minimum Gasteiger partial charge on any atom is -0.452 e. The number of benzene rings is 2. The molecule has 1 amide bonds. The molecule has 2 aromatic rings. The molecule has 0 bridgehead atoms. The van der Waals surface area contributed by atoms with E-state index in [0.717, 1.165) is 11.6 Å². The molecule has 0 aromatic heterocycles. The van der Waals surface area contributed by atoms with Gasteiger partial charge in [0.25, 0.3) is 5.91 Å². The molecular weight excluding hydrogens is 309 g/mol. The Balaban J connectivity index is 1.93. The number of carbonyl (C=O) groups excluding carboxylic acids is 2. The lowest BCUT2D eigenvalue weighted by molar-refractivity contribution is -0.119. The van der Waals surface area contributed by atoms with Crippen LogP contribution in [0, 0.1) is 12.7 Å². The number of carbonyl (C=O) groups is 2. The van der Waals surface area contributed by atoms with Crippen molar-refractivity contribution in [2.24, 2.45) is 0 Å². The van der Waals surface area contributed by atoms with Crippen LogP contribution in [0.4, 0.5) is 10.1 Å². The van der Waals surface area contributed by atoms with Crippen LogP contribution in [-0.4, -0.2) is 18.5 Å². The fourth-order valence-corrected chi connectivity index (χ4v) is 2.02. The number of rotatable bonds is 4. The highest BCUT2D eigenvalue weighted by molar-refractivity contribution is 6.30. The number of hydrogen-bond donors (Lipinski definition) is 1. The molecule has 6 heteroatoms. The smallest absolute Gasteiger partial charge is 0.341 e. The maximum atomic E-state index is 13.4. The van der Waals surface area contributed by atoms with Crippen LogP contribution in [-0.2, 0) is 9.53 Å². The molecule has 0 spiro atoms. The van der Waals surface area contributed by atoms with Crippen LogP contribution in [0.25, 0.3) is 0 Å². The Kier molecular flexibility index (Phi) is 5.12. The summed E-state index contributed by atoms with van der Waals surface area (Å²) >= 11 is 5.82. The van der Waals surface area contributed by atoms with Gasteiger partial charge in [-0.2, -0.15) is 0 Å². The highest BCUT2D eigenvalue weighted by Crippen LogP contribution is 2.19. The molecule has 2 aromatic carbocycles. The van der Waals surface area contributed by atoms with Crippen molar-refractivity contribution in [3.63, 3.8) is 0 Å². The van der Waals surface area contributed by atoms with Crippen LogP contribution in [0.1, 0.15) is 15.9 Å². The van der Waals surface area contributed by atoms with Crippen molar-refractivity contribution in [3.05, 3.63) is 64.4 Å². The monoisotopic (exact) mass is 321 g/mol. The average Bonchev–Trinajstić information content (AvgIpc) is 2.48. The van der Waals surface area contributed by atoms with Gasteiger partial charge in [-0.15, -0.1) is 0 Å². The Labute approximate surface area is 131 Å². The molecule has 2 rings (SSSR count). The molecule has 0 heterocycles. The van der Waals surface area contributed by atoms with E-state index in [2.05, 4.69) is 5.32 Å². The van der Waals surface area contributed by atoms with Gasteiger partial charge < -0.3 is 10.1 Å². The Morgan fingerprint density at radius 3 is 2.64 bits per heavy atom. The van der Waals surface area contributed by atoms with Crippen LogP contribution in [0.2, 0.25) is 5.02 Å². The van der Waals surface area contributed by atoms with Gasteiger partial charge >= 0.3 is 5.97 Å². The fourth-order valence-electron chi connectivity index (χ4n) is 1.79. The molecule has 1 N–H and O–H groups in total. The molecule has 0 aliphatic rings. The summed E-state index contributed by atoms with van der Waals surface area (Å²) in [4.78, 5) is 23.4. The zero-order valence-electron chi connectivity index (χ0n) is 11.7. The lowest BCUT2D eigenvalue weighted by atomic mass is 10.2. The summed E-state index contributed by atoms with van der Waals surface area (Å²) in [5, 5.41) is 3.15. The minimum absolute atomic E-state index is 0.210. The number of halogens is 2. The highest BCUT2D eigenvalue weighted by Gasteiger charge is 2.14. The molecule has 0 atom stereocenters. The second kappa shape index (κ2) is 7.04. The Hall–Kier alpha value is -2.40. The van der Waals surface area contributed by atoms with Crippen LogP contribution in [0.3, 0.4) is 0 Å². The summed E-state index contributed by atoms with van der Waals surface area (Å²) in [5.74, 6) is -2.10. The summed E-state index contributed by atoms with van der Waals surface area (Å²) in [7, 11) is 0. The SMILES string of the molecule is Cc1cc(Cl)ccc1NC(=O)COC(=O)c1ccccc1F. The van der Waals surface area contributed by atoms with Gasteiger partial charge in [0.1, 0.15) is 5.82 Å². The van der Waals surface area contributed by atoms with Crippen molar-refractivity contribution in [3.8, 4) is 0 Å². The number of nitrogens with one attached hydrogen (secondary N) is 1. The van der Waals surface area contributed by atoms with E-state index in [9.17, 15) is 14.0 Å². The molecule has 0 saturated carbocycles. The maximum absolute atomic E-state index is 13.4. The van der Waals surface area contributed by atoms with Crippen LogP contribution >= 0.6 is 11.6 Å². The largest absolute Gasteiger partial charge is 0.452 e. The first-order valence-electron chi connectivity index (χ1n) is 6.45. The van der Waals surface area contributed by atoms with Gasteiger partial charge in [0, 0.05) is 10.7 Å². The normalized spacial score (nSPS) is 10.1. The van der Waals surface area contributed by atoms with Crippen molar-refractivity contribution in [1.82, 2.24) is 0 Å². The van der Waals surface area contributed by atoms with E-state index in [1.54, 1.807) is 25.1 Å². The molecule has 0 aliphatic heterocycles. The van der Waals surface area contributed by atoms with Crippen LogP contribution in [0.5, 0.6) is 0 Å². The number of anilines is 1. The first kappa shape index (κ1) is 16.0. The van der Waals surface area contributed by atoms with Gasteiger partial charge in [0.2, 0.25) is 0 Å². The fraction of sp³-hybridized carbons (Fsp3) is 0.125. The Bertz CT molecular complexity index is 718. The quantitative estimate of drug-likeness (QED) is 0.876. The average molecular weight is 322 g/mol. The summed E-state index contributed by atoms with van der Waals surface area (Å²) in [6.45, 7) is 1.28. The molecule has 0 fully saturated rings. The number of hydrogen-bond acceptors (Lipinski definition) is 3. The van der Waals surface area contributed by atoms with E-state index >= 15 is 0 Å². The standard InChI is InChI=1S/C16H13ClFNO3/c1-10-8-11(17)6-7-14(10)19-15(20)9-22-16(21)12-4-2-3-5-13(12)18/h2-8H,9H2,1H3,(H,19,20). The van der Waals surface area contributed by atoms with Gasteiger partial charge in [0.05, 0.1) is 5.56 Å². The molecule has 22 heavy (non-hydrogen) atoms. The molecule has 0 aliphatic carbocycles. The van der Waals surface area contributed by atoms with Crippen molar-refractivity contribution < 1.29 is 18.7 Å². The lowest BCUT2D eigenvalue weighted by Crippen LogP contribution is -2.21. The van der Waals surface area contributed by atoms with E-state index in [1.807, 2.05) is 0 Å². The van der Waals surface area contributed by atoms with E-state index in [-0.39, 0.29) is 5.56 Å². The highest BCUT2D eigenvalue weighted by atomic mass is 35.5. The van der Waals surface area contributed by atoms with E-state index in [1.165, 1.54) is 18.2 Å². The predicted octanol–water partition coefficient (Wildman–Crippen LogP) is 3.58. The van der Waals surface area contributed by atoms with Crippen LogP contribution in [0.15, 0.2) is 42.5 Å². The van der Waals surface area contributed by atoms with E-state index < -0.39 is 24.3 Å². The van der Waals surface area contributed by atoms with Gasteiger partial charge in [0.15, 0.2) is 6.61 Å². The first-order valence-corrected chi connectivity index (χ1v) is 6.83. The maximum Gasteiger partial charge on any atom is 0.341 e. The molecule has 114 valence electrons. The zero-order chi connectivity index (χ0) is 16.1. The molecule has 4 nitrogen and oxygen atoms in total. The number of aryl methyl sites for hydroxylation is 1. The summed E-state index contributed by atoms with van der Waals surface area (Å²) < 4.78 is 18.2. The summed E-state index contributed by atoms with van der Waals surface area (Å²) in [5.41, 5.74) is 1.13.